The van der Waals surface area contributed by atoms with Crippen molar-refractivity contribution in [3.05, 3.63) is 24.6 Å². The van der Waals surface area contributed by atoms with E-state index in [0.717, 1.165) is 28.7 Å². The number of nitrogens with zero attached hydrogens (tertiary/aromatic N) is 2. The fraction of sp³-hybridized carbons (Fsp3) is 0.500. The van der Waals surface area contributed by atoms with Crippen molar-refractivity contribution < 1.29 is 4.42 Å². The van der Waals surface area contributed by atoms with E-state index in [1.54, 1.807) is 6.26 Å². The van der Waals surface area contributed by atoms with E-state index in [0.29, 0.717) is 6.04 Å². The van der Waals surface area contributed by atoms with Crippen LogP contribution in [-0.2, 0) is 0 Å². The summed E-state index contributed by atoms with van der Waals surface area (Å²) in [7, 11) is 0. The molecule has 0 bridgehead atoms. The van der Waals surface area contributed by atoms with Crippen LogP contribution in [-0.4, -0.2) is 22.9 Å². The van der Waals surface area contributed by atoms with Gasteiger partial charge in [0, 0.05) is 24.1 Å². The standard InChI is InChI=1S/C14H17BrN2O/c15-7-4-11-3-1-2-9-17(11)14-12-6-10-18-13(12)5-8-16-14/h5-6,8,10-11H,1-4,7,9H2. The van der Waals surface area contributed by atoms with E-state index >= 15 is 0 Å². The zero-order valence-corrected chi connectivity index (χ0v) is 11.9. The van der Waals surface area contributed by atoms with Crippen LogP contribution >= 0.6 is 15.9 Å². The smallest absolute Gasteiger partial charge is 0.139 e. The molecule has 1 fully saturated rings. The average Bonchev–Trinajstić information content (AvgIpc) is 2.88. The molecule has 3 rings (SSSR count). The highest BCUT2D eigenvalue weighted by atomic mass is 79.9. The Labute approximate surface area is 115 Å². The summed E-state index contributed by atoms with van der Waals surface area (Å²) in [5, 5.41) is 2.19. The van der Waals surface area contributed by atoms with E-state index in [2.05, 4.69) is 25.8 Å². The number of pyridine rings is 1. The Balaban J connectivity index is 1.98. The third kappa shape index (κ3) is 2.14. The molecule has 0 radical (unpaired) electrons. The maximum absolute atomic E-state index is 5.47. The maximum Gasteiger partial charge on any atom is 0.139 e. The van der Waals surface area contributed by atoms with Crippen molar-refractivity contribution in [1.82, 2.24) is 4.98 Å². The second kappa shape index (κ2) is 5.31. The average molecular weight is 309 g/mol. The Hall–Kier alpha value is -1.03. The van der Waals surface area contributed by atoms with Gasteiger partial charge in [-0.25, -0.2) is 4.98 Å². The zero-order chi connectivity index (χ0) is 12.4. The number of hydrogen-bond acceptors (Lipinski definition) is 3. The molecule has 0 spiro atoms. The van der Waals surface area contributed by atoms with Gasteiger partial charge in [0.05, 0.1) is 11.6 Å². The minimum Gasteiger partial charge on any atom is -0.464 e. The number of halogens is 1. The van der Waals surface area contributed by atoms with Crippen molar-refractivity contribution in [2.45, 2.75) is 31.7 Å². The van der Waals surface area contributed by atoms with Gasteiger partial charge in [0.15, 0.2) is 0 Å². The zero-order valence-electron chi connectivity index (χ0n) is 10.3. The Kier molecular flexibility index (Phi) is 3.55. The normalized spacial score (nSPS) is 20.5. The number of fused-ring (bicyclic) bond motifs is 1. The van der Waals surface area contributed by atoms with Gasteiger partial charge in [-0.1, -0.05) is 15.9 Å². The van der Waals surface area contributed by atoms with E-state index in [-0.39, 0.29) is 0 Å². The predicted octanol–water partition coefficient (Wildman–Crippen LogP) is 3.97. The summed E-state index contributed by atoms with van der Waals surface area (Å²) in [4.78, 5) is 7.05. The Morgan fingerprint density at radius 3 is 3.22 bits per heavy atom. The summed E-state index contributed by atoms with van der Waals surface area (Å²) in [6.07, 6.45) is 8.63. The number of anilines is 1. The van der Waals surface area contributed by atoms with Crippen molar-refractivity contribution in [3.8, 4) is 0 Å². The van der Waals surface area contributed by atoms with E-state index < -0.39 is 0 Å². The highest BCUT2D eigenvalue weighted by molar-refractivity contribution is 9.09. The molecule has 1 saturated heterocycles. The summed E-state index contributed by atoms with van der Waals surface area (Å²) >= 11 is 3.56. The Bertz CT molecular complexity index is 523. The van der Waals surface area contributed by atoms with Crippen molar-refractivity contribution >= 4 is 32.7 Å². The Morgan fingerprint density at radius 2 is 2.33 bits per heavy atom. The summed E-state index contributed by atoms with van der Waals surface area (Å²) in [6.45, 7) is 1.11. The number of furan rings is 1. The second-order valence-electron chi connectivity index (χ2n) is 4.79. The molecule has 0 aromatic carbocycles. The third-order valence-electron chi connectivity index (χ3n) is 3.70. The van der Waals surface area contributed by atoms with Gasteiger partial charge in [-0.2, -0.15) is 0 Å². The molecule has 3 nitrogen and oxygen atoms in total. The van der Waals surface area contributed by atoms with Gasteiger partial charge in [0.1, 0.15) is 11.4 Å². The highest BCUT2D eigenvalue weighted by Gasteiger charge is 2.24. The van der Waals surface area contributed by atoms with Crippen molar-refractivity contribution in [3.63, 3.8) is 0 Å². The molecule has 2 aromatic rings. The quantitative estimate of drug-likeness (QED) is 0.803. The third-order valence-corrected chi connectivity index (χ3v) is 4.16. The summed E-state index contributed by atoms with van der Waals surface area (Å²) < 4.78 is 5.47. The van der Waals surface area contributed by atoms with Gasteiger partial charge in [0.25, 0.3) is 0 Å². The first-order valence-corrected chi connectivity index (χ1v) is 7.67. The molecule has 96 valence electrons. The molecule has 18 heavy (non-hydrogen) atoms. The van der Waals surface area contributed by atoms with Crippen LogP contribution in [0.15, 0.2) is 29.0 Å². The number of alkyl halides is 1. The molecule has 2 aromatic heterocycles. The first-order valence-electron chi connectivity index (χ1n) is 6.55. The molecule has 0 saturated carbocycles. The lowest BCUT2D eigenvalue weighted by Crippen LogP contribution is -2.40. The molecule has 3 heterocycles. The van der Waals surface area contributed by atoms with Crippen LogP contribution < -0.4 is 4.90 Å². The van der Waals surface area contributed by atoms with Crippen molar-refractivity contribution in [2.24, 2.45) is 0 Å². The second-order valence-corrected chi connectivity index (χ2v) is 5.58. The van der Waals surface area contributed by atoms with Crippen LogP contribution in [0.3, 0.4) is 0 Å². The number of rotatable bonds is 3. The van der Waals surface area contributed by atoms with Gasteiger partial charge >= 0.3 is 0 Å². The summed E-state index contributed by atoms with van der Waals surface area (Å²) in [5.74, 6) is 1.09. The molecule has 1 unspecified atom stereocenters. The van der Waals surface area contributed by atoms with Crippen molar-refractivity contribution in [1.29, 1.82) is 0 Å². The lowest BCUT2D eigenvalue weighted by molar-refractivity contribution is 0.450. The van der Waals surface area contributed by atoms with Crippen LogP contribution in [0.5, 0.6) is 0 Å². The van der Waals surface area contributed by atoms with E-state index in [1.165, 1.54) is 25.7 Å². The minimum atomic E-state index is 0.603. The fourth-order valence-electron chi connectivity index (χ4n) is 2.81. The minimum absolute atomic E-state index is 0.603. The topological polar surface area (TPSA) is 29.3 Å². The highest BCUT2D eigenvalue weighted by Crippen LogP contribution is 2.31. The molecular formula is C14H17BrN2O. The van der Waals surface area contributed by atoms with Gasteiger partial charge in [0.2, 0.25) is 0 Å². The number of piperidine rings is 1. The molecule has 1 aliphatic heterocycles. The molecule has 0 amide bonds. The van der Waals surface area contributed by atoms with Gasteiger partial charge in [-0.05, 0) is 37.8 Å². The summed E-state index contributed by atoms with van der Waals surface area (Å²) in [6, 6.07) is 4.56. The molecule has 1 atom stereocenters. The lowest BCUT2D eigenvalue weighted by Gasteiger charge is -2.36. The fourth-order valence-corrected chi connectivity index (χ4v) is 3.34. The molecule has 0 aliphatic carbocycles. The van der Waals surface area contributed by atoms with E-state index in [9.17, 15) is 0 Å². The first-order chi connectivity index (χ1) is 8.90. The number of hydrogen-bond donors (Lipinski definition) is 0. The van der Waals surface area contributed by atoms with Crippen LogP contribution in [0.2, 0.25) is 0 Å². The molecule has 0 N–H and O–H groups in total. The summed E-state index contributed by atoms with van der Waals surface area (Å²) in [5.41, 5.74) is 0.933. The van der Waals surface area contributed by atoms with Crippen LogP contribution in [0, 0.1) is 0 Å². The number of aromatic nitrogens is 1. The maximum atomic E-state index is 5.47. The van der Waals surface area contributed by atoms with E-state index in [4.69, 9.17) is 4.42 Å². The van der Waals surface area contributed by atoms with Crippen LogP contribution in [0.25, 0.3) is 11.0 Å². The largest absolute Gasteiger partial charge is 0.464 e. The monoisotopic (exact) mass is 308 g/mol. The van der Waals surface area contributed by atoms with Gasteiger partial charge in [-0.15, -0.1) is 0 Å². The lowest BCUT2D eigenvalue weighted by atomic mass is 9.99. The van der Waals surface area contributed by atoms with E-state index in [1.807, 2.05) is 18.3 Å². The molecule has 4 heteroatoms. The van der Waals surface area contributed by atoms with Gasteiger partial charge in [-0.3, -0.25) is 0 Å². The Morgan fingerprint density at radius 1 is 1.39 bits per heavy atom. The molecular weight excluding hydrogens is 292 g/mol. The van der Waals surface area contributed by atoms with Gasteiger partial charge < -0.3 is 9.32 Å². The molecule has 1 aliphatic rings. The van der Waals surface area contributed by atoms with Crippen LogP contribution in [0.4, 0.5) is 5.82 Å². The SMILES string of the molecule is BrCCC1CCCCN1c1nccc2occc12. The predicted molar refractivity (Wildman–Crippen MR) is 77.4 cm³/mol. The first kappa shape index (κ1) is 12.0. The van der Waals surface area contributed by atoms with Crippen LogP contribution in [0.1, 0.15) is 25.7 Å². The van der Waals surface area contributed by atoms with Crippen molar-refractivity contribution in [2.75, 3.05) is 16.8 Å².